The Hall–Kier alpha value is -3.07. The van der Waals surface area contributed by atoms with Crippen LogP contribution in [0.4, 0.5) is 5.82 Å². The van der Waals surface area contributed by atoms with Gasteiger partial charge < -0.3 is 24.7 Å². The number of ether oxygens (including phenoxy) is 1. The van der Waals surface area contributed by atoms with E-state index in [2.05, 4.69) is 14.9 Å². The molecule has 0 saturated carbocycles. The van der Waals surface area contributed by atoms with Gasteiger partial charge in [0.25, 0.3) is 0 Å². The van der Waals surface area contributed by atoms with E-state index in [-0.39, 0.29) is 18.1 Å². The minimum atomic E-state index is -0.550. The molecule has 0 aromatic carbocycles. The summed E-state index contributed by atoms with van der Waals surface area (Å²) in [5, 5.41) is 10.8. The third kappa shape index (κ3) is 4.76. The highest BCUT2D eigenvalue weighted by atomic mass is 16.6. The van der Waals surface area contributed by atoms with E-state index in [4.69, 9.17) is 4.74 Å². The first-order valence-corrected chi connectivity index (χ1v) is 8.63. The number of pyridine rings is 2. The van der Waals surface area contributed by atoms with Crippen LogP contribution in [-0.4, -0.2) is 63.8 Å². The van der Waals surface area contributed by atoms with Gasteiger partial charge in [-0.3, -0.25) is 9.78 Å². The summed E-state index contributed by atoms with van der Waals surface area (Å²) in [7, 11) is 2.04. The number of aromatic nitrogens is 2. The summed E-state index contributed by atoms with van der Waals surface area (Å²) in [5.74, 6) is 0.738. The Bertz CT molecular complexity index is 849. The molecule has 1 fully saturated rings. The molecule has 27 heavy (non-hydrogen) atoms. The van der Waals surface area contributed by atoms with Gasteiger partial charge in [-0.2, -0.15) is 0 Å². The Labute approximate surface area is 156 Å². The highest BCUT2D eigenvalue weighted by molar-refractivity contribution is 5.78. The van der Waals surface area contributed by atoms with Crippen LogP contribution >= 0.6 is 0 Å². The van der Waals surface area contributed by atoms with Crippen molar-refractivity contribution in [1.82, 2.24) is 19.8 Å². The molecule has 0 bridgehead atoms. The van der Waals surface area contributed by atoms with Crippen LogP contribution < -0.4 is 4.74 Å². The summed E-state index contributed by atoms with van der Waals surface area (Å²) in [6.45, 7) is 4.82. The van der Waals surface area contributed by atoms with Crippen molar-refractivity contribution >= 4 is 11.7 Å². The molecule has 2 aromatic heterocycles. The van der Waals surface area contributed by atoms with Crippen LogP contribution in [0.3, 0.4) is 0 Å². The third-order valence-corrected chi connectivity index (χ3v) is 4.41. The number of nitrogens with zero attached hydrogens (tertiary/aromatic N) is 5. The van der Waals surface area contributed by atoms with E-state index in [0.717, 1.165) is 26.2 Å². The van der Waals surface area contributed by atoms with Crippen molar-refractivity contribution in [3.63, 3.8) is 0 Å². The van der Waals surface area contributed by atoms with Crippen LogP contribution in [0.2, 0.25) is 0 Å². The van der Waals surface area contributed by atoms with Crippen LogP contribution in [0.15, 0.2) is 30.5 Å². The highest BCUT2D eigenvalue weighted by Crippen LogP contribution is 2.26. The van der Waals surface area contributed by atoms with Crippen molar-refractivity contribution in [2.24, 2.45) is 0 Å². The van der Waals surface area contributed by atoms with Crippen LogP contribution in [0.5, 0.6) is 11.5 Å². The van der Waals surface area contributed by atoms with Gasteiger partial charge in [0.2, 0.25) is 5.91 Å². The van der Waals surface area contributed by atoms with Gasteiger partial charge in [0, 0.05) is 51.4 Å². The number of nitro groups is 1. The number of piperazine rings is 1. The van der Waals surface area contributed by atoms with Gasteiger partial charge in [-0.05, 0) is 29.1 Å². The zero-order chi connectivity index (χ0) is 19.4. The predicted molar refractivity (Wildman–Crippen MR) is 97.7 cm³/mol. The molecule has 0 radical (unpaired) electrons. The van der Waals surface area contributed by atoms with E-state index >= 15 is 0 Å². The lowest BCUT2D eigenvalue weighted by molar-refractivity contribution is -0.389. The SMILES string of the molecule is Cc1nc([N+](=O)[O-])ccc1Oc1ccnc(CC(=O)N2CCN(C)CC2)c1. The fraction of sp³-hybridized carbons (Fsp3) is 0.389. The van der Waals surface area contributed by atoms with E-state index in [1.165, 1.54) is 12.1 Å². The molecule has 2 aromatic rings. The number of rotatable bonds is 5. The Morgan fingerprint density at radius 1 is 1.26 bits per heavy atom. The first-order chi connectivity index (χ1) is 12.9. The number of hydrogen-bond acceptors (Lipinski definition) is 7. The largest absolute Gasteiger partial charge is 0.453 e. The normalized spacial score (nSPS) is 14.8. The molecular weight excluding hydrogens is 350 g/mol. The number of amides is 1. The maximum absolute atomic E-state index is 12.5. The van der Waals surface area contributed by atoms with Gasteiger partial charge in [0.05, 0.1) is 12.1 Å². The molecule has 1 aliphatic heterocycles. The number of carbonyl (C=O) groups is 1. The lowest BCUT2D eigenvalue weighted by atomic mass is 10.2. The van der Waals surface area contributed by atoms with Crippen molar-refractivity contribution in [3.05, 3.63) is 52.0 Å². The fourth-order valence-corrected chi connectivity index (χ4v) is 2.81. The van der Waals surface area contributed by atoms with Crippen LogP contribution in [0.25, 0.3) is 0 Å². The van der Waals surface area contributed by atoms with Crippen LogP contribution in [-0.2, 0) is 11.2 Å². The second kappa shape index (κ2) is 8.09. The highest BCUT2D eigenvalue weighted by Gasteiger charge is 2.20. The Morgan fingerprint density at radius 3 is 2.67 bits per heavy atom. The molecular formula is C18H21N5O4. The number of aryl methyl sites for hydroxylation is 1. The second-order valence-electron chi connectivity index (χ2n) is 6.46. The molecule has 0 N–H and O–H groups in total. The summed E-state index contributed by atoms with van der Waals surface area (Å²) in [6, 6.07) is 6.18. The van der Waals surface area contributed by atoms with Gasteiger partial charge >= 0.3 is 5.82 Å². The smallest absolute Gasteiger partial charge is 0.363 e. The second-order valence-corrected chi connectivity index (χ2v) is 6.46. The Balaban J connectivity index is 1.67. The molecule has 1 saturated heterocycles. The molecule has 9 nitrogen and oxygen atoms in total. The first-order valence-electron chi connectivity index (χ1n) is 8.63. The van der Waals surface area contributed by atoms with Gasteiger partial charge in [0.1, 0.15) is 5.75 Å². The molecule has 1 aliphatic rings. The molecule has 3 rings (SSSR count). The van der Waals surface area contributed by atoms with E-state index in [1.54, 1.807) is 25.3 Å². The van der Waals surface area contributed by atoms with Gasteiger partial charge in [-0.25, -0.2) is 0 Å². The minimum absolute atomic E-state index is 0.0425. The minimum Gasteiger partial charge on any atom is -0.453 e. The standard InChI is InChI=1S/C18H21N5O4/c1-13-16(3-4-17(20-13)23(25)26)27-15-5-6-19-14(11-15)12-18(24)22-9-7-21(2)8-10-22/h3-6,11H,7-10,12H2,1-2H3. The van der Waals surface area contributed by atoms with Gasteiger partial charge in [-0.15, -0.1) is 0 Å². The summed E-state index contributed by atoms with van der Waals surface area (Å²) in [6.07, 6.45) is 1.79. The lowest BCUT2D eigenvalue weighted by Crippen LogP contribution is -2.47. The van der Waals surface area contributed by atoms with Crippen molar-refractivity contribution in [1.29, 1.82) is 0 Å². The zero-order valence-electron chi connectivity index (χ0n) is 15.3. The predicted octanol–water partition coefficient (Wildman–Crippen LogP) is 1.80. The molecule has 0 unspecified atom stereocenters. The van der Waals surface area contributed by atoms with E-state index < -0.39 is 4.92 Å². The Morgan fingerprint density at radius 2 is 2.00 bits per heavy atom. The Kier molecular flexibility index (Phi) is 5.60. The van der Waals surface area contributed by atoms with Crippen molar-refractivity contribution in [3.8, 4) is 11.5 Å². The monoisotopic (exact) mass is 371 g/mol. The molecule has 3 heterocycles. The number of likely N-dealkylation sites (N-methyl/N-ethyl adjacent to an activating group) is 1. The summed E-state index contributed by atoms with van der Waals surface area (Å²) >= 11 is 0. The van der Waals surface area contributed by atoms with Gasteiger partial charge in [-0.1, -0.05) is 0 Å². The summed E-state index contributed by atoms with van der Waals surface area (Å²) in [5.41, 5.74) is 1.03. The molecule has 1 amide bonds. The van der Waals surface area contributed by atoms with Crippen molar-refractivity contribution < 1.29 is 14.5 Å². The van der Waals surface area contributed by atoms with E-state index in [0.29, 0.717) is 22.9 Å². The van der Waals surface area contributed by atoms with E-state index in [9.17, 15) is 14.9 Å². The molecule has 9 heteroatoms. The number of carbonyl (C=O) groups excluding carboxylic acids is 1. The average Bonchev–Trinajstić information content (AvgIpc) is 2.64. The maximum atomic E-state index is 12.5. The van der Waals surface area contributed by atoms with Crippen LogP contribution in [0.1, 0.15) is 11.4 Å². The summed E-state index contributed by atoms with van der Waals surface area (Å²) in [4.78, 5) is 34.9. The van der Waals surface area contributed by atoms with Crippen LogP contribution in [0, 0.1) is 17.0 Å². The van der Waals surface area contributed by atoms with Crippen molar-refractivity contribution in [2.45, 2.75) is 13.3 Å². The topological polar surface area (TPSA) is 102 Å². The van der Waals surface area contributed by atoms with Crippen molar-refractivity contribution in [2.75, 3.05) is 33.2 Å². The quantitative estimate of drug-likeness (QED) is 0.583. The van der Waals surface area contributed by atoms with E-state index in [1.807, 2.05) is 11.9 Å². The molecule has 0 aliphatic carbocycles. The first kappa shape index (κ1) is 18.7. The third-order valence-electron chi connectivity index (χ3n) is 4.41. The molecule has 0 spiro atoms. The van der Waals surface area contributed by atoms with Gasteiger partial charge in [0.15, 0.2) is 11.4 Å². The fourth-order valence-electron chi connectivity index (χ4n) is 2.81. The summed E-state index contributed by atoms with van der Waals surface area (Å²) < 4.78 is 5.77. The maximum Gasteiger partial charge on any atom is 0.363 e. The molecule has 0 atom stereocenters. The lowest BCUT2D eigenvalue weighted by Gasteiger charge is -2.32. The average molecular weight is 371 g/mol. The zero-order valence-corrected chi connectivity index (χ0v) is 15.3. The molecule has 142 valence electrons. The number of hydrogen-bond donors (Lipinski definition) is 0.